The molecule has 1 aromatic carbocycles. The minimum Gasteiger partial charge on any atom is -0.396 e. The van der Waals surface area contributed by atoms with Gasteiger partial charge < -0.3 is 5.11 Å². The highest BCUT2D eigenvalue weighted by Crippen LogP contribution is 2.15. The predicted molar refractivity (Wildman–Crippen MR) is 85.8 cm³/mol. The maximum atomic E-state index is 12.4. The lowest BCUT2D eigenvalue weighted by atomic mass is 10.1. The van der Waals surface area contributed by atoms with Crippen molar-refractivity contribution >= 4 is 10.0 Å². The largest absolute Gasteiger partial charge is 0.396 e. The number of nitrogens with one attached hydrogen (secondary N) is 1. The van der Waals surface area contributed by atoms with Crippen LogP contribution < -0.4 is 4.72 Å². The van der Waals surface area contributed by atoms with E-state index in [-0.39, 0.29) is 12.6 Å². The zero-order chi connectivity index (χ0) is 15.7. The Morgan fingerprint density at radius 3 is 2.29 bits per heavy atom. The van der Waals surface area contributed by atoms with E-state index in [0.29, 0.717) is 11.3 Å². The quantitative estimate of drug-likeness (QED) is 0.698. The lowest BCUT2D eigenvalue weighted by molar-refractivity contribution is 0.299. The van der Waals surface area contributed by atoms with Gasteiger partial charge in [0.05, 0.1) is 4.90 Å². The van der Waals surface area contributed by atoms with Crippen LogP contribution in [0, 0.1) is 0 Å². The van der Waals surface area contributed by atoms with E-state index in [2.05, 4.69) is 18.6 Å². The first-order valence-corrected chi connectivity index (χ1v) is 9.24. The first-order valence-electron chi connectivity index (χ1n) is 7.75. The third kappa shape index (κ3) is 6.16. The highest BCUT2D eigenvalue weighted by Gasteiger charge is 2.19. The summed E-state index contributed by atoms with van der Waals surface area (Å²) >= 11 is 0. The second-order valence-electron chi connectivity index (χ2n) is 5.37. The number of benzene rings is 1. The van der Waals surface area contributed by atoms with Crippen molar-refractivity contribution in [3.63, 3.8) is 0 Å². The van der Waals surface area contributed by atoms with Crippen LogP contribution in [0.15, 0.2) is 29.2 Å². The topological polar surface area (TPSA) is 66.4 Å². The van der Waals surface area contributed by atoms with E-state index in [4.69, 9.17) is 5.11 Å². The van der Waals surface area contributed by atoms with Crippen molar-refractivity contribution < 1.29 is 13.5 Å². The Balaban J connectivity index is 2.77. The van der Waals surface area contributed by atoms with E-state index in [9.17, 15) is 8.42 Å². The molecule has 1 atom stereocenters. The van der Waals surface area contributed by atoms with Gasteiger partial charge in [-0.2, -0.15) is 0 Å². The normalized spacial score (nSPS) is 13.3. The van der Waals surface area contributed by atoms with Gasteiger partial charge in [0.1, 0.15) is 0 Å². The summed E-state index contributed by atoms with van der Waals surface area (Å²) in [6, 6.07) is 6.74. The number of sulfonamides is 1. The van der Waals surface area contributed by atoms with E-state index < -0.39 is 10.0 Å². The lowest BCUT2D eigenvalue weighted by Crippen LogP contribution is -2.34. The van der Waals surface area contributed by atoms with Gasteiger partial charge in [0.15, 0.2) is 0 Å². The predicted octanol–water partition coefficient (Wildman–Crippen LogP) is 2.86. The average molecular weight is 313 g/mol. The molecule has 0 amide bonds. The number of hydrogen-bond donors (Lipinski definition) is 2. The summed E-state index contributed by atoms with van der Waals surface area (Å²) in [5.74, 6) is 0. The monoisotopic (exact) mass is 313 g/mol. The Kier molecular flexibility index (Phi) is 7.93. The molecule has 120 valence electrons. The van der Waals surface area contributed by atoms with Crippen molar-refractivity contribution in [2.75, 3.05) is 6.61 Å². The minimum absolute atomic E-state index is 0.0112. The van der Waals surface area contributed by atoms with Gasteiger partial charge in [-0.05, 0) is 37.0 Å². The number of aliphatic hydroxyl groups is 1. The van der Waals surface area contributed by atoms with Gasteiger partial charge in [0, 0.05) is 12.6 Å². The van der Waals surface area contributed by atoms with Crippen LogP contribution in [-0.4, -0.2) is 26.2 Å². The van der Waals surface area contributed by atoms with Gasteiger partial charge in [-0.1, -0.05) is 45.2 Å². The Bertz CT molecular complexity index is 497. The third-order valence-corrected chi connectivity index (χ3v) is 5.04. The maximum Gasteiger partial charge on any atom is 0.240 e. The fourth-order valence-electron chi connectivity index (χ4n) is 2.31. The van der Waals surface area contributed by atoms with Gasteiger partial charge in [-0.3, -0.25) is 0 Å². The van der Waals surface area contributed by atoms with Crippen LogP contribution in [-0.2, 0) is 16.4 Å². The number of rotatable bonds is 10. The molecule has 4 nitrogen and oxygen atoms in total. The number of hydrogen-bond acceptors (Lipinski definition) is 3. The van der Waals surface area contributed by atoms with Gasteiger partial charge in [-0.15, -0.1) is 0 Å². The second-order valence-corrected chi connectivity index (χ2v) is 7.08. The van der Waals surface area contributed by atoms with Gasteiger partial charge in [-0.25, -0.2) is 13.1 Å². The lowest BCUT2D eigenvalue weighted by Gasteiger charge is -2.18. The summed E-state index contributed by atoms with van der Waals surface area (Å²) in [5, 5.41) is 8.88. The Morgan fingerprint density at radius 1 is 1.10 bits per heavy atom. The molecule has 0 aliphatic rings. The number of aliphatic hydroxyl groups excluding tert-OH is 1. The first kappa shape index (κ1) is 18.1. The van der Waals surface area contributed by atoms with E-state index in [1.54, 1.807) is 24.3 Å². The Labute approximate surface area is 128 Å². The van der Waals surface area contributed by atoms with Crippen molar-refractivity contribution in [2.24, 2.45) is 0 Å². The summed E-state index contributed by atoms with van der Waals surface area (Å²) in [6.07, 6.45) is 5.35. The van der Waals surface area contributed by atoms with Crippen LogP contribution in [0.5, 0.6) is 0 Å². The third-order valence-electron chi connectivity index (χ3n) is 3.50. The molecule has 1 rings (SSSR count). The molecule has 0 aliphatic heterocycles. The molecule has 0 heterocycles. The molecule has 0 radical (unpaired) electrons. The van der Waals surface area contributed by atoms with Crippen molar-refractivity contribution in [3.8, 4) is 0 Å². The Morgan fingerprint density at radius 2 is 1.76 bits per heavy atom. The molecule has 1 unspecified atom stereocenters. The smallest absolute Gasteiger partial charge is 0.240 e. The summed E-state index contributed by atoms with van der Waals surface area (Å²) in [7, 11) is -3.46. The van der Waals surface area contributed by atoms with Gasteiger partial charge in [0.2, 0.25) is 10.0 Å². The zero-order valence-electron chi connectivity index (χ0n) is 13.0. The molecule has 2 N–H and O–H groups in total. The van der Waals surface area contributed by atoms with Gasteiger partial charge in [0.25, 0.3) is 0 Å². The average Bonchev–Trinajstić information content (AvgIpc) is 2.46. The standard InChI is InChI=1S/C16H27NO3S/c1-3-5-7-15(6-4-2)17-21(19,20)16-10-8-14(9-11-16)12-13-18/h8-11,15,17-18H,3-7,12-13H2,1-2H3. The fourth-order valence-corrected chi connectivity index (χ4v) is 3.62. The molecule has 1 aromatic rings. The van der Waals surface area contributed by atoms with Crippen molar-refractivity contribution in [1.29, 1.82) is 0 Å². The SMILES string of the molecule is CCCCC(CCC)NS(=O)(=O)c1ccc(CCO)cc1. The Hall–Kier alpha value is -0.910. The highest BCUT2D eigenvalue weighted by atomic mass is 32.2. The van der Waals surface area contributed by atoms with Crippen molar-refractivity contribution in [3.05, 3.63) is 29.8 Å². The highest BCUT2D eigenvalue weighted by molar-refractivity contribution is 7.89. The van der Waals surface area contributed by atoms with Gasteiger partial charge >= 0.3 is 0 Å². The zero-order valence-corrected chi connectivity index (χ0v) is 13.8. The molecule has 21 heavy (non-hydrogen) atoms. The summed E-state index contributed by atoms with van der Waals surface area (Å²) in [4.78, 5) is 0.293. The second kappa shape index (κ2) is 9.18. The molecule has 0 saturated carbocycles. The summed E-state index contributed by atoms with van der Waals surface area (Å²) in [5.41, 5.74) is 0.938. The van der Waals surface area contributed by atoms with E-state index in [1.807, 2.05) is 0 Å². The maximum absolute atomic E-state index is 12.4. The van der Waals surface area contributed by atoms with E-state index in [1.165, 1.54) is 0 Å². The summed E-state index contributed by atoms with van der Waals surface area (Å²) in [6.45, 7) is 4.24. The molecule has 0 aromatic heterocycles. The molecular weight excluding hydrogens is 286 g/mol. The van der Waals surface area contributed by atoms with E-state index in [0.717, 1.165) is 37.7 Å². The van der Waals surface area contributed by atoms with Crippen molar-refractivity contribution in [2.45, 2.75) is 63.3 Å². The molecule has 0 fully saturated rings. The van der Waals surface area contributed by atoms with Crippen molar-refractivity contribution in [1.82, 2.24) is 4.72 Å². The molecular formula is C16H27NO3S. The number of unbranched alkanes of at least 4 members (excludes halogenated alkanes) is 1. The minimum atomic E-state index is -3.46. The van der Waals surface area contributed by atoms with Crippen LogP contribution in [0.25, 0.3) is 0 Å². The molecule has 0 spiro atoms. The molecule has 5 heteroatoms. The molecule has 0 bridgehead atoms. The van der Waals surface area contributed by atoms with Crippen LogP contribution in [0.4, 0.5) is 0 Å². The van der Waals surface area contributed by atoms with Crippen LogP contribution in [0.3, 0.4) is 0 Å². The van der Waals surface area contributed by atoms with Crippen LogP contribution in [0.2, 0.25) is 0 Å². The fraction of sp³-hybridized carbons (Fsp3) is 0.625. The molecule has 0 aliphatic carbocycles. The van der Waals surface area contributed by atoms with Crippen LogP contribution >= 0.6 is 0 Å². The van der Waals surface area contributed by atoms with Crippen LogP contribution in [0.1, 0.15) is 51.5 Å². The van der Waals surface area contributed by atoms with E-state index >= 15 is 0 Å². The summed E-state index contributed by atoms with van der Waals surface area (Å²) < 4.78 is 27.6. The first-order chi connectivity index (χ1) is 10.0. The molecule has 0 saturated heterocycles.